The zero-order chi connectivity index (χ0) is 19.8. The van der Waals surface area contributed by atoms with Crippen LogP contribution in [0.1, 0.15) is 21.7 Å². The van der Waals surface area contributed by atoms with Crippen LogP contribution < -0.4 is 5.32 Å². The van der Waals surface area contributed by atoms with Crippen LogP contribution in [0.5, 0.6) is 0 Å². The van der Waals surface area contributed by atoms with Gasteiger partial charge in [-0.1, -0.05) is 11.6 Å². The summed E-state index contributed by atoms with van der Waals surface area (Å²) < 4.78 is 40.2. The number of pyridine rings is 1. The Morgan fingerprint density at radius 2 is 2.00 bits per heavy atom. The minimum atomic E-state index is -4.61. The van der Waals surface area contributed by atoms with Gasteiger partial charge in [0.15, 0.2) is 5.65 Å². The molecule has 10 heteroatoms. The van der Waals surface area contributed by atoms with E-state index in [0.717, 1.165) is 28.4 Å². The molecule has 0 spiro atoms. The largest absolute Gasteiger partial charge is 0.417 e. The van der Waals surface area contributed by atoms with Crippen LogP contribution in [0.15, 0.2) is 41.4 Å². The number of carbonyl (C=O) groups excluding carboxylic acids is 1. The van der Waals surface area contributed by atoms with Gasteiger partial charge in [-0.25, -0.2) is 4.98 Å². The van der Waals surface area contributed by atoms with Gasteiger partial charge in [-0.15, -0.1) is 0 Å². The number of aryl methyl sites for hydroxylation is 1. The minimum absolute atomic E-state index is 0.0477. The molecular formula is C17H10ClF3N4OS. The van der Waals surface area contributed by atoms with E-state index >= 15 is 0 Å². The van der Waals surface area contributed by atoms with E-state index in [2.05, 4.69) is 10.3 Å². The van der Waals surface area contributed by atoms with Gasteiger partial charge in [0.25, 0.3) is 5.91 Å². The highest BCUT2D eigenvalue weighted by atomic mass is 35.5. The number of imidazole rings is 1. The first-order chi connectivity index (χ1) is 12.7. The van der Waals surface area contributed by atoms with Gasteiger partial charge in [-0.2, -0.15) is 18.4 Å². The van der Waals surface area contributed by atoms with Crippen molar-refractivity contribution in [3.05, 3.63) is 58.5 Å². The molecule has 1 amide bonds. The zero-order valence-electron chi connectivity index (χ0n) is 13.6. The molecule has 0 aliphatic rings. The zero-order valence-corrected chi connectivity index (χ0v) is 15.2. The van der Waals surface area contributed by atoms with E-state index in [1.807, 2.05) is 5.40 Å². The van der Waals surface area contributed by atoms with Crippen molar-refractivity contribution in [1.82, 2.24) is 9.38 Å². The fourth-order valence-electron chi connectivity index (χ4n) is 2.50. The van der Waals surface area contributed by atoms with Crippen LogP contribution in [0, 0.1) is 17.6 Å². The predicted molar refractivity (Wildman–Crippen MR) is 95.8 cm³/mol. The number of hydrogen-bond donors (Lipinski definition) is 1. The second-order valence-corrected chi connectivity index (χ2v) is 6.75. The molecule has 27 heavy (non-hydrogen) atoms. The maximum atomic E-state index is 13.1. The number of halogens is 4. The van der Waals surface area contributed by atoms with Crippen molar-refractivity contribution in [2.45, 2.75) is 18.0 Å². The number of carbonyl (C=O) groups is 1. The average Bonchev–Trinajstić information content (AvgIpc) is 2.93. The van der Waals surface area contributed by atoms with Gasteiger partial charge in [0.1, 0.15) is 11.1 Å². The van der Waals surface area contributed by atoms with Crippen molar-refractivity contribution in [3.8, 4) is 5.40 Å². The van der Waals surface area contributed by atoms with E-state index < -0.39 is 17.6 Å². The summed E-state index contributed by atoms with van der Waals surface area (Å²) in [6.45, 7) is 1.51. The van der Waals surface area contributed by atoms with Crippen LogP contribution in [0.2, 0.25) is 5.02 Å². The molecule has 1 N–H and O–H groups in total. The number of rotatable bonds is 3. The fraction of sp³-hybridized carbons (Fsp3) is 0.118. The van der Waals surface area contributed by atoms with Crippen molar-refractivity contribution >= 4 is 40.6 Å². The minimum Gasteiger partial charge on any atom is -0.321 e. The number of fused-ring (bicyclic) bond motifs is 1. The molecule has 5 nitrogen and oxygen atoms in total. The Kier molecular flexibility index (Phi) is 5.04. The lowest BCUT2D eigenvalue weighted by molar-refractivity contribution is -0.137. The second-order valence-electron chi connectivity index (χ2n) is 5.49. The molecule has 0 bridgehead atoms. The molecule has 2 heterocycles. The molecule has 1 aromatic carbocycles. The molecule has 3 aromatic rings. The van der Waals surface area contributed by atoms with E-state index in [4.69, 9.17) is 16.9 Å². The Bertz CT molecular complexity index is 1070. The van der Waals surface area contributed by atoms with Crippen molar-refractivity contribution in [2.75, 3.05) is 5.32 Å². The maximum Gasteiger partial charge on any atom is 0.417 e. The van der Waals surface area contributed by atoms with Crippen molar-refractivity contribution in [2.24, 2.45) is 0 Å². The van der Waals surface area contributed by atoms with Gasteiger partial charge in [0.2, 0.25) is 0 Å². The number of nitriles is 1. The second kappa shape index (κ2) is 7.13. The molecule has 0 saturated heterocycles. The molecule has 0 unspecified atom stereocenters. The number of thioether (sulfide) groups is 1. The third-order valence-corrected chi connectivity index (χ3v) is 4.54. The molecule has 2 aromatic heterocycles. The van der Waals surface area contributed by atoms with E-state index in [1.54, 1.807) is 24.3 Å². The molecule has 0 aliphatic heterocycles. The summed E-state index contributed by atoms with van der Waals surface area (Å²) in [6, 6.07) is 7.23. The topological polar surface area (TPSA) is 70.2 Å². The Morgan fingerprint density at radius 1 is 1.33 bits per heavy atom. The molecule has 0 aliphatic carbocycles. The summed E-state index contributed by atoms with van der Waals surface area (Å²) in [5.41, 5.74) is -0.300. The lowest BCUT2D eigenvalue weighted by Crippen LogP contribution is -2.16. The Balaban J connectivity index is 2.00. The summed E-state index contributed by atoms with van der Waals surface area (Å²) in [6.07, 6.45) is -3.82. The quantitative estimate of drug-likeness (QED) is 0.479. The third kappa shape index (κ3) is 3.86. The standard InChI is InChI=1S/C17H10ClF3N4OS/c1-9-14(16(26)24-11-2-4-12(5-3-11)27-8-22)25-7-10(17(19,20)21)6-13(18)15(25)23-9/h2-7H,1H3,(H,24,26). The van der Waals surface area contributed by atoms with Crippen LogP contribution in [-0.2, 0) is 6.18 Å². The lowest BCUT2D eigenvalue weighted by Gasteiger charge is -2.10. The molecule has 0 fully saturated rings. The molecule has 138 valence electrons. The Morgan fingerprint density at radius 3 is 2.59 bits per heavy atom. The highest BCUT2D eigenvalue weighted by molar-refractivity contribution is 8.03. The summed E-state index contributed by atoms with van der Waals surface area (Å²) in [7, 11) is 0. The summed E-state index contributed by atoms with van der Waals surface area (Å²) in [5.74, 6) is -0.629. The first-order valence-electron chi connectivity index (χ1n) is 7.43. The number of hydrogen-bond acceptors (Lipinski definition) is 4. The first kappa shape index (κ1) is 19.1. The number of nitrogens with one attached hydrogen (secondary N) is 1. The van der Waals surface area contributed by atoms with E-state index in [0.29, 0.717) is 10.6 Å². The van der Waals surface area contributed by atoms with E-state index in [9.17, 15) is 18.0 Å². The summed E-state index contributed by atoms with van der Waals surface area (Å²) >= 11 is 6.89. The van der Waals surface area contributed by atoms with Crippen LogP contribution >= 0.6 is 23.4 Å². The van der Waals surface area contributed by atoms with Gasteiger partial charge in [0.05, 0.1) is 16.3 Å². The van der Waals surface area contributed by atoms with Crippen LogP contribution in [0.4, 0.5) is 18.9 Å². The van der Waals surface area contributed by atoms with Gasteiger partial charge in [0, 0.05) is 16.8 Å². The lowest BCUT2D eigenvalue weighted by atomic mass is 10.2. The average molecular weight is 411 g/mol. The Hall–Kier alpha value is -2.70. The number of aromatic nitrogens is 2. The number of amides is 1. The summed E-state index contributed by atoms with van der Waals surface area (Å²) in [5, 5.41) is 13.0. The van der Waals surface area contributed by atoms with Gasteiger partial charge < -0.3 is 5.32 Å². The predicted octanol–water partition coefficient (Wildman–Crippen LogP) is 5.14. The number of nitrogens with zero attached hydrogens (tertiary/aromatic N) is 3. The van der Waals surface area contributed by atoms with Crippen molar-refractivity contribution in [3.63, 3.8) is 0 Å². The van der Waals surface area contributed by atoms with E-state index in [1.165, 1.54) is 6.92 Å². The van der Waals surface area contributed by atoms with Gasteiger partial charge in [-0.05, 0) is 49.0 Å². The Labute approximate surface area is 160 Å². The SMILES string of the molecule is Cc1nc2c(Cl)cc(C(F)(F)F)cn2c1C(=O)Nc1ccc(SC#N)cc1. The molecular weight excluding hydrogens is 401 g/mol. The number of benzene rings is 1. The molecule has 3 rings (SSSR count). The third-order valence-electron chi connectivity index (χ3n) is 3.67. The molecule has 0 radical (unpaired) electrons. The highest BCUT2D eigenvalue weighted by Gasteiger charge is 2.32. The van der Waals surface area contributed by atoms with Crippen molar-refractivity contribution in [1.29, 1.82) is 5.26 Å². The van der Waals surface area contributed by atoms with Gasteiger partial charge >= 0.3 is 6.18 Å². The van der Waals surface area contributed by atoms with Crippen LogP contribution in [0.25, 0.3) is 5.65 Å². The van der Waals surface area contributed by atoms with Crippen LogP contribution in [-0.4, -0.2) is 15.3 Å². The maximum absolute atomic E-state index is 13.1. The number of anilines is 1. The smallest absolute Gasteiger partial charge is 0.321 e. The monoisotopic (exact) mass is 410 g/mol. The highest BCUT2D eigenvalue weighted by Crippen LogP contribution is 2.33. The molecule has 0 atom stereocenters. The normalized spacial score (nSPS) is 11.4. The van der Waals surface area contributed by atoms with E-state index in [-0.39, 0.29) is 22.1 Å². The number of alkyl halides is 3. The van der Waals surface area contributed by atoms with Crippen LogP contribution in [0.3, 0.4) is 0 Å². The first-order valence-corrected chi connectivity index (χ1v) is 8.63. The summed E-state index contributed by atoms with van der Waals surface area (Å²) in [4.78, 5) is 17.4. The van der Waals surface area contributed by atoms with Gasteiger partial charge in [-0.3, -0.25) is 9.20 Å². The number of thiocyanates is 1. The molecule has 0 saturated carbocycles. The van der Waals surface area contributed by atoms with Crippen molar-refractivity contribution < 1.29 is 18.0 Å². The fourth-order valence-corrected chi connectivity index (χ4v) is 3.12.